The maximum Gasteiger partial charge on any atom is 0.239 e. The molecule has 120 valence electrons. The van der Waals surface area contributed by atoms with Gasteiger partial charge < -0.3 is 21.1 Å². The topological polar surface area (TPSA) is 93.5 Å². The molecular formula is C16H23N3O3. The molecule has 0 saturated carbocycles. The summed E-state index contributed by atoms with van der Waals surface area (Å²) in [5.74, 6) is 0.291. The Kier molecular flexibility index (Phi) is 5.38. The van der Waals surface area contributed by atoms with Crippen LogP contribution in [0.5, 0.6) is 5.75 Å². The molecule has 0 radical (unpaired) electrons. The molecule has 1 unspecified atom stereocenters. The van der Waals surface area contributed by atoms with Gasteiger partial charge in [0, 0.05) is 12.0 Å². The Morgan fingerprint density at radius 2 is 2.09 bits per heavy atom. The maximum atomic E-state index is 12.0. The second-order valence-corrected chi connectivity index (χ2v) is 5.78. The van der Waals surface area contributed by atoms with Gasteiger partial charge in [0.1, 0.15) is 5.75 Å². The van der Waals surface area contributed by atoms with Gasteiger partial charge >= 0.3 is 0 Å². The molecule has 2 amide bonds. The number of ether oxygens (including phenoxy) is 1. The molecule has 6 nitrogen and oxygen atoms in total. The number of fused-ring (bicyclic) bond motifs is 1. The number of rotatable bonds is 5. The van der Waals surface area contributed by atoms with E-state index in [0.29, 0.717) is 13.0 Å². The van der Waals surface area contributed by atoms with Gasteiger partial charge in [-0.15, -0.1) is 0 Å². The van der Waals surface area contributed by atoms with E-state index in [1.54, 1.807) is 0 Å². The number of hydrogen-bond acceptors (Lipinski definition) is 4. The Hall–Kier alpha value is -2.08. The van der Waals surface area contributed by atoms with Gasteiger partial charge in [-0.2, -0.15) is 0 Å². The smallest absolute Gasteiger partial charge is 0.239 e. The molecule has 22 heavy (non-hydrogen) atoms. The number of carbonyl (C=O) groups is 2. The molecule has 0 aliphatic carbocycles. The average molecular weight is 305 g/mol. The van der Waals surface area contributed by atoms with Crippen LogP contribution in [-0.2, 0) is 9.59 Å². The van der Waals surface area contributed by atoms with Crippen molar-refractivity contribution in [3.8, 4) is 5.75 Å². The van der Waals surface area contributed by atoms with Gasteiger partial charge in [0.15, 0.2) is 0 Å². The summed E-state index contributed by atoms with van der Waals surface area (Å²) in [5, 5.41) is 5.49. The second-order valence-electron chi connectivity index (χ2n) is 5.78. The molecular weight excluding hydrogens is 282 g/mol. The van der Waals surface area contributed by atoms with Crippen molar-refractivity contribution < 1.29 is 14.3 Å². The minimum Gasteiger partial charge on any atom is -0.493 e. The third-order valence-electron chi connectivity index (χ3n) is 3.74. The van der Waals surface area contributed by atoms with Crippen LogP contribution in [0.4, 0.5) is 0 Å². The molecule has 2 rings (SSSR count). The fourth-order valence-electron chi connectivity index (χ4n) is 2.33. The molecule has 0 aromatic heterocycles. The molecule has 1 aromatic carbocycles. The Labute approximate surface area is 130 Å². The summed E-state index contributed by atoms with van der Waals surface area (Å²) in [5.41, 5.74) is 6.70. The van der Waals surface area contributed by atoms with Gasteiger partial charge in [0.25, 0.3) is 0 Å². The molecule has 0 fully saturated rings. The highest BCUT2D eigenvalue weighted by atomic mass is 16.5. The largest absolute Gasteiger partial charge is 0.493 e. The minimum atomic E-state index is -0.600. The first-order valence-corrected chi connectivity index (χ1v) is 7.53. The second kappa shape index (κ2) is 7.26. The Morgan fingerprint density at radius 3 is 2.82 bits per heavy atom. The summed E-state index contributed by atoms with van der Waals surface area (Å²) in [6.45, 7) is 4.22. The van der Waals surface area contributed by atoms with Crippen LogP contribution in [-0.4, -0.2) is 31.0 Å². The summed E-state index contributed by atoms with van der Waals surface area (Å²) >= 11 is 0. The molecule has 6 heteroatoms. The predicted octanol–water partition coefficient (Wildman–Crippen LogP) is 0.726. The van der Waals surface area contributed by atoms with Gasteiger partial charge in [-0.25, -0.2) is 0 Å². The van der Waals surface area contributed by atoms with Gasteiger partial charge in [-0.1, -0.05) is 32.0 Å². The van der Waals surface area contributed by atoms with Crippen molar-refractivity contribution in [2.24, 2.45) is 11.7 Å². The minimum absolute atomic E-state index is 0.0328. The lowest BCUT2D eigenvalue weighted by atomic mass is 10.0. The number of hydrogen-bond donors (Lipinski definition) is 3. The average Bonchev–Trinajstić information content (AvgIpc) is 2.52. The summed E-state index contributed by atoms with van der Waals surface area (Å²) in [6.07, 6.45) is 0.711. The number of nitrogens with two attached hydrogens (primary N) is 1. The van der Waals surface area contributed by atoms with Gasteiger partial charge in [-0.05, 0) is 12.0 Å². The van der Waals surface area contributed by atoms with E-state index in [4.69, 9.17) is 10.5 Å². The Bertz CT molecular complexity index is 545. The van der Waals surface area contributed by atoms with Crippen LogP contribution in [0.1, 0.15) is 31.9 Å². The third kappa shape index (κ3) is 3.98. The number of carbonyl (C=O) groups excluding carboxylic acids is 2. The zero-order valence-corrected chi connectivity index (χ0v) is 13.0. The number of nitrogens with one attached hydrogen (secondary N) is 2. The van der Waals surface area contributed by atoms with E-state index in [9.17, 15) is 9.59 Å². The van der Waals surface area contributed by atoms with Gasteiger partial charge in [-0.3, -0.25) is 9.59 Å². The number of para-hydroxylation sites is 1. The maximum absolute atomic E-state index is 12.0. The highest BCUT2D eigenvalue weighted by Crippen LogP contribution is 2.31. The van der Waals surface area contributed by atoms with E-state index < -0.39 is 6.04 Å². The summed E-state index contributed by atoms with van der Waals surface area (Å²) in [6, 6.07) is 6.95. The molecule has 0 saturated heterocycles. The molecule has 1 heterocycles. The fourth-order valence-corrected chi connectivity index (χ4v) is 2.33. The van der Waals surface area contributed by atoms with Crippen LogP contribution in [0.3, 0.4) is 0 Å². The summed E-state index contributed by atoms with van der Waals surface area (Å²) in [7, 11) is 0. The molecule has 1 aliphatic heterocycles. The molecule has 2 atom stereocenters. The van der Waals surface area contributed by atoms with Crippen molar-refractivity contribution in [3.05, 3.63) is 29.8 Å². The zero-order valence-electron chi connectivity index (χ0n) is 13.0. The van der Waals surface area contributed by atoms with Crippen LogP contribution in [0.25, 0.3) is 0 Å². The van der Waals surface area contributed by atoms with Crippen molar-refractivity contribution in [2.75, 3.05) is 13.2 Å². The highest BCUT2D eigenvalue weighted by molar-refractivity contribution is 5.87. The molecule has 1 aromatic rings. The van der Waals surface area contributed by atoms with Crippen molar-refractivity contribution in [3.63, 3.8) is 0 Å². The number of benzene rings is 1. The van der Waals surface area contributed by atoms with Crippen molar-refractivity contribution in [2.45, 2.75) is 32.4 Å². The van der Waals surface area contributed by atoms with Gasteiger partial charge in [0.2, 0.25) is 11.8 Å². The van der Waals surface area contributed by atoms with E-state index in [0.717, 1.165) is 11.3 Å². The SMILES string of the molecule is CC(C)[C@H](N)C(=O)NCC(=O)NC1CCOc2ccccc21. The standard InChI is InChI=1S/C16H23N3O3/c1-10(2)15(17)16(21)18-9-14(20)19-12-7-8-22-13-6-4-3-5-11(12)13/h3-6,10,12,15H,7-9,17H2,1-2H3,(H,18,21)(H,19,20)/t12?,15-/m0/s1. The van der Waals surface area contributed by atoms with Crippen LogP contribution in [0.15, 0.2) is 24.3 Å². The first-order chi connectivity index (χ1) is 10.5. The summed E-state index contributed by atoms with van der Waals surface area (Å²) in [4.78, 5) is 23.8. The van der Waals surface area contributed by atoms with Crippen LogP contribution in [0, 0.1) is 5.92 Å². The monoisotopic (exact) mass is 305 g/mol. The Morgan fingerprint density at radius 1 is 1.36 bits per heavy atom. The summed E-state index contributed by atoms with van der Waals surface area (Å²) < 4.78 is 5.55. The van der Waals surface area contributed by atoms with Crippen molar-refractivity contribution in [1.82, 2.24) is 10.6 Å². The lowest BCUT2D eigenvalue weighted by Gasteiger charge is -2.26. The lowest BCUT2D eigenvalue weighted by molar-refractivity contribution is -0.127. The normalized spacial score (nSPS) is 18.1. The van der Waals surface area contributed by atoms with Crippen LogP contribution < -0.4 is 21.1 Å². The van der Waals surface area contributed by atoms with E-state index in [-0.39, 0.29) is 30.3 Å². The predicted molar refractivity (Wildman–Crippen MR) is 83.3 cm³/mol. The van der Waals surface area contributed by atoms with Gasteiger partial charge in [0.05, 0.1) is 25.2 Å². The third-order valence-corrected chi connectivity index (χ3v) is 3.74. The van der Waals surface area contributed by atoms with E-state index >= 15 is 0 Å². The molecule has 0 spiro atoms. The highest BCUT2D eigenvalue weighted by Gasteiger charge is 2.23. The van der Waals surface area contributed by atoms with Crippen LogP contribution >= 0.6 is 0 Å². The molecule has 1 aliphatic rings. The Balaban J connectivity index is 1.87. The zero-order chi connectivity index (χ0) is 16.1. The molecule has 4 N–H and O–H groups in total. The fraction of sp³-hybridized carbons (Fsp3) is 0.500. The van der Waals surface area contributed by atoms with E-state index in [1.165, 1.54) is 0 Å². The van der Waals surface area contributed by atoms with Crippen molar-refractivity contribution >= 4 is 11.8 Å². The van der Waals surface area contributed by atoms with Crippen molar-refractivity contribution in [1.29, 1.82) is 0 Å². The quantitative estimate of drug-likeness (QED) is 0.747. The lowest BCUT2D eigenvalue weighted by Crippen LogP contribution is -2.47. The van der Waals surface area contributed by atoms with E-state index in [1.807, 2.05) is 38.1 Å². The first-order valence-electron chi connectivity index (χ1n) is 7.53. The first kappa shape index (κ1) is 16.3. The number of amides is 2. The van der Waals surface area contributed by atoms with Crippen LogP contribution in [0.2, 0.25) is 0 Å². The molecule has 0 bridgehead atoms. The van der Waals surface area contributed by atoms with E-state index in [2.05, 4.69) is 10.6 Å².